The van der Waals surface area contributed by atoms with Gasteiger partial charge in [0.15, 0.2) is 0 Å². The quantitative estimate of drug-likeness (QED) is 0.504. The number of hydrogen-bond acceptors (Lipinski definition) is 4. The molecule has 0 spiro atoms. The summed E-state index contributed by atoms with van der Waals surface area (Å²) in [4.78, 5) is 12.2. The molecule has 6 nitrogen and oxygen atoms in total. The fourth-order valence-corrected chi connectivity index (χ4v) is 2.24. The van der Waals surface area contributed by atoms with Crippen LogP contribution in [0.3, 0.4) is 0 Å². The molecular weight excluding hydrogens is 323 g/mol. The van der Waals surface area contributed by atoms with Crippen molar-refractivity contribution in [3.8, 4) is 17.0 Å². The lowest BCUT2D eigenvalue weighted by Crippen LogP contribution is -2.19. The van der Waals surface area contributed by atoms with Gasteiger partial charge in [0.05, 0.1) is 11.4 Å². The molecule has 3 rings (SSSR count). The smallest absolute Gasteiger partial charge is 0.289 e. The summed E-state index contributed by atoms with van der Waals surface area (Å²) < 4.78 is 13.0. The summed E-state index contributed by atoms with van der Waals surface area (Å²) in [5.41, 5.74) is 4.82. The molecule has 1 amide bonds. The standard InChI is InChI=1S/C18H15FN4O2/c1-11(14-4-2-3-5-17(14)24)20-23-18(25)16-10-15(21-22-16)12-6-8-13(19)9-7-12/h2-10,24H,1H3,(H,21,22)(H,23,25)/b20-11-. The number of halogens is 1. The van der Waals surface area contributed by atoms with Crippen molar-refractivity contribution >= 4 is 11.6 Å². The normalized spacial score (nSPS) is 11.4. The molecule has 3 N–H and O–H groups in total. The number of aromatic hydroxyl groups is 1. The number of hydrazone groups is 1. The molecule has 3 aromatic rings. The zero-order valence-corrected chi connectivity index (χ0v) is 13.3. The second-order valence-electron chi connectivity index (χ2n) is 5.33. The minimum absolute atomic E-state index is 0.0816. The van der Waals surface area contributed by atoms with E-state index in [2.05, 4.69) is 20.7 Å². The average Bonchev–Trinajstić information content (AvgIpc) is 3.10. The van der Waals surface area contributed by atoms with Crippen LogP contribution >= 0.6 is 0 Å². The molecule has 0 aliphatic rings. The zero-order chi connectivity index (χ0) is 17.8. The summed E-state index contributed by atoms with van der Waals surface area (Å²) in [6.07, 6.45) is 0. The van der Waals surface area contributed by atoms with Gasteiger partial charge in [-0.25, -0.2) is 9.82 Å². The highest BCUT2D eigenvalue weighted by atomic mass is 19.1. The molecular formula is C18H15FN4O2. The maximum Gasteiger partial charge on any atom is 0.289 e. The number of aromatic nitrogens is 2. The summed E-state index contributed by atoms with van der Waals surface area (Å²) in [5, 5.41) is 20.4. The van der Waals surface area contributed by atoms with Crippen LogP contribution in [0.5, 0.6) is 5.75 Å². The number of benzene rings is 2. The summed E-state index contributed by atoms with van der Waals surface area (Å²) in [6, 6.07) is 14.1. The average molecular weight is 338 g/mol. The Labute approximate surface area is 143 Å². The molecule has 0 saturated carbocycles. The highest BCUT2D eigenvalue weighted by molar-refractivity contribution is 6.02. The highest BCUT2D eigenvalue weighted by Gasteiger charge is 2.11. The van der Waals surface area contributed by atoms with Gasteiger partial charge in [-0.05, 0) is 49.4 Å². The summed E-state index contributed by atoms with van der Waals surface area (Å²) in [6.45, 7) is 1.67. The molecule has 126 valence electrons. The van der Waals surface area contributed by atoms with Gasteiger partial charge >= 0.3 is 0 Å². The van der Waals surface area contributed by atoms with Crippen LogP contribution in [0.2, 0.25) is 0 Å². The van der Waals surface area contributed by atoms with E-state index in [1.54, 1.807) is 49.4 Å². The van der Waals surface area contributed by atoms with Crippen LogP contribution in [0.15, 0.2) is 59.7 Å². The highest BCUT2D eigenvalue weighted by Crippen LogP contribution is 2.18. The number of rotatable bonds is 4. The maximum absolute atomic E-state index is 13.0. The fraction of sp³-hybridized carbons (Fsp3) is 0.0556. The summed E-state index contributed by atoms with van der Waals surface area (Å²) in [7, 11) is 0. The molecule has 0 aliphatic heterocycles. The molecule has 0 bridgehead atoms. The molecule has 7 heteroatoms. The Hall–Kier alpha value is -3.48. The Morgan fingerprint density at radius 2 is 1.92 bits per heavy atom. The van der Waals surface area contributed by atoms with E-state index >= 15 is 0 Å². The zero-order valence-electron chi connectivity index (χ0n) is 13.3. The van der Waals surface area contributed by atoms with Gasteiger partial charge in [0, 0.05) is 11.1 Å². The molecule has 1 heterocycles. The summed E-state index contributed by atoms with van der Waals surface area (Å²) >= 11 is 0. The van der Waals surface area contributed by atoms with Gasteiger partial charge in [-0.1, -0.05) is 12.1 Å². The van der Waals surface area contributed by atoms with Gasteiger partial charge < -0.3 is 5.11 Å². The number of phenolic OH excluding ortho intramolecular Hbond substituents is 1. The SMILES string of the molecule is C/C(=N/NC(=O)c1cc(-c2ccc(F)cc2)n[nH]1)c1ccccc1O. The van der Waals surface area contributed by atoms with E-state index in [4.69, 9.17) is 0 Å². The predicted octanol–water partition coefficient (Wildman–Crippen LogP) is 3.08. The van der Waals surface area contributed by atoms with Crippen molar-refractivity contribution in [3.63, 3.8) is 0 Å². The number of nitrogens with one attached hydrogen (secondary N) is 2. The van der Waals surface area contributed by atoms with Crippen LogP contribution in [0.25, 0.3) is 11.3 Å². The van der Waals surface area contributed by atoms with Crippen molar-refractivity contribution in [2.75, 3.05) is 0 Å². The molecule has 0 saturated heterocycles. The number of carbonyl (C=O) groups excluding carboxylic acids is 1. The lowest BCUT2D eigenvalue weighted by molar-refractivity contribution is 0.0950. The number of H-pyrrole nitrogens is 1. The molecule has 0 atom stereocenters. The van der Waals surface area contributed by atoms with E-state index in [1.807, 2.05) is 0 Å². The number of carbonyl (C=O) groups is 1. The van der Waals surface area contributed by atoms with Crippen LogP contribution in [0, 0.1) is 5.82 Å². The van der Waals surface area contributed by atoms with Gasteiger partial charge in [0.1, 0.15) is 17.3 Å². The van der Waals surface area contributed by atoms with Crippen LogP contribution in [0.4, 0.5) is 4.39 Å². The van der Waals surface area contributed by atoms with Crippen LogP contribution < -0.4 is 5.43 Å². The lowest BCUT2D eigenvalue weighted by Gasteiger charge is -2.03. The first-order valence-electron chi connectivity index (χ1n) is 7.49. The molecule has 0 fully saturated rings. The second kappa shape index (κ2) is 6.96. The predicted molar refractivity (Wildman–Crippen MR) is 91.8 cm³/mol. The molecule has 0 radical (unpaired) electrons. The van der Waals surface area contributed by atoms with E-state index < -0.39 is 5.91 Å². The van der Waals surface area contributed by atoms with Gasteiger partial charge in [-0.3, -0.25) is 9.89 Å². The van der Waals surface area contributed by atoms with Gasteiger partial charge in [-0.2, -0.15) is 10.2 Å². The minimum Gasteiger partial charge on any atom is -0.507 e. The third kappa shape index (κ3) is 3.72. The Kier molecular flexibility index (Phi) is 4.56. The van der Waals surface area contributed by atoms with Crippen LogP contribution in [-0.4, -0.2) is 26.9 Å². The fourth-order valence-electron chi connectivity index (χ4n) is 2.24. The largest absolute Gasteiger partial charge is 0.507 e. The van der Waals surface area contributed by atoms with Crippen molar-refractivity contribution in [2.45, 2.75) is 6.92 Å². The number of nitrogens with zero attached hydrogens (tertiary/aromatic N) is 2. The first kappa shape index (κ1) is 16.4. The van der Waals surface area contributed by atoms with Crippen LogP contribution in [-0.2, 0) is 0 Å². The Bertz CT molecular complexity index is 932. The second-order valence-corrected chi connectivity index (χ2v) is 5.33. The van der Waals surface area contributed by atoms with E-state index in [0.29, 0.717) is 22.5 Å². The number of phenols is 1. The maximum atomic E-state index is 13.0. The van der Waals surface area contributed by atoms with E-state index in [1.165, 1.54) is 12.1 Å². The van der Waals surface area contributed by atoms with Crippen molar-refractivity contribution in [3.05, 3.63) is 71.7 Å². The third-order valence-electron chi connectivity index (χ3n) is 3.58. The Morgan fingerprint density at radius 3 is 2.64 bits per heavy atom. The molecule has 1 aromatic heterocycles. The first-order valence-corrected chi connectivity index (χ1v) is 7.49. The number of aromatic amines is 1. The van der Waals surface area contributed by atoms with Gasteiger partial charge in [0.25, 0.3) is 5.91 Å². The monoisotopic (exact) mass is 338 g/mol. The van der Waals surface area contributed by atoms with Crippen molar-refractivity contribution in [2.24, 2.45) is 5.10 Å². The van der Waals surface area contributed by atoms with Crippen molar-refractivity contribution < 1.29 is 14.3 Å². The minimum atomic E-state index is -0.476. The van der Waals surface area contributed by atoms with E-state index in [0.717, 1.165) is 0 Å². The van der Waals surface area contributed by atoms with E-state index in [-0.39, 0.29) is 17.3 Å². The molecule has 2 aromatic carbocycles. The molecule has 0 unspecified atom stereocenters. The lowest BCUT2D eigenvalue weighted by atomic mass is 10.1. The van der Waals surface area contributed by atoms with Gasteiger partial charge in [0.2, 0.25) is 0 Å². The Morgan fingerprint density at radius 1 is 1.20 bits per heavy atom. The number of para-hydroxylation sites is 1. The van der Waals surface area contributed by atoms with Crippen molar-refractivity contribution in [1.82, 2.24) is 15.6 Å². The van der Waals surface area contributed by atoms with E-state index in [9.17, 15) is 14.3 Å². The summed E-state index contributed by atoms with van der Waals surface area (Å²) in [5.74, 6) is -0.736. The van der Waals surface area contributed by atoms with Crippen LogP contribution in [0.1, 0.15) is 23.0 Å². The topological polar surface area (TPSA) is 90.4 Å². The number of hydrogen-bond donors (Lipinski definition) is 3. The number of amides is 1. The van der Waals surface area contributed by atoms with Gasteiger partial charge in [-0.15, -0.1) is 0 Å². The molecule has 0 aliphatic carbocycles. The molecule has 25 heavy (non-hydrogen) atoms. The van der Waals surface area contributed by atoms with Crippen molar-refractivity contribution in [1.29, 1.82) is 0 Å². The first-order chi connectivity index (χ1) is 12.0. The third-order valence-corrected chi connectivity index (χ3v) is 3.58. The Balaban J connectivity index is 1.73.